The maximum absolute atomic E-state index is 5.84. The molecule has 0 aliphatic carbocycles. The minimum Gasteiger partial charge on any atom is -0.296 e. The van der Waals surface area contributed by atoms with E-state index in [9.17, 15) is 0 Å². The van der Waals surface area contributed by atoms with Gasteiger partial charge in [-0.3, -0.25) is 4.90 Å². The maximum atomic E-state index is 5.84. The van der Waals surface area contributed by atoms with Crippen LogP contribution in [0.25, 0.3) is 0 Å². The van der Waals surface area contributed by atoms with E-state index in [4.69, 9.17) is 11.6 Å². The second kappa shape index (κ2) is 5.43. The highest BCUT2D eigenvalue weighted by molar-refractivity contribution is 7.07. The van der Waals surface area contributed by atoms with Crippen LogP contribution in [0.1, 0.15) is 11.3 Å². The van der Waals surface area contributed by atoms with E-state index in [1.165, 1.54) is 5.56 Å². The molecule has 0 atom stereocenters. The summed E-state index contributed by atoms with van der Waals surface area (Å²) >= 11 is 7.57. The summed E-state index contributed by atoms with van der Waals surface area (Å²) in [4.78, 5) is 6.49. The Hall–Kier alpha value is -0.900. The smallest absolute Gasteiger partial charge is 0.129 e. The number of hydrogen-bond donors (Lipinski definition) is 0. The van der Waals surface area contributed by atoms with E-state index < -0.39 is 0 Å². The van der Waals surface area contributed by atoms with E-state index in [1.807, 2.05) is 12.1 Å². The van der Waals surface area contributed by atoms with Gasteiger partial charge in [0.2, 0.25) is 0 Å². The van der Waals surface area contributed by atoms with Gasteiger partial charge in [0.15, 0.2) is 0 Å². The van der Waals surface area contributed by atoms with Gasteiger partial charge in [-0.2, -0.15) is 11.3 Å². The molecule has 0 amide bonds. The molecule has 16 heavy (non-hydrogen) atoms. The normalized spacial score (nSPS) is 10.9. The maximum Gasteiger partial charge on any atom is 0.129 e. The van der Waals surface area contributed by atoms with Crippen LogP contribution >= 0.6 is 22.9 Å². The van der Waals surface area contributed by atoms with Gasteiger partial charge in [-0.05, 0) is 41.6 Å². The lowest BCUT2D eigenvalue weighted by molar-refractivity contribution is 0.315. The number of rotatable bonds is 4. The second-order valence-corrected chi connectivity index (χ2v) is 4.92. The molecule has 2 nitrogen and oxygen atoms in total. The number of hydrogen-bond acceptors (Lipinski definition) is 3. The third-order valence-corrected chi connectivity index (χ3v) is 3.18. The Labute approximate surface area is 105 Å². The van der Waals surface area contributed by atoms with Crippen molar-refractivity contribution in [3.63, 3.8) is 0 Å². The topological polar surface area (TPSA) is 16.1 Å². The highest BCUT2D eigenvalue weighted by atomic mass is 35.5. The summed E-state index contributed by atoms with van der Waals surface area (Å²) < 4.78 is 0. The van der Waals surface area contributed by atoms with Gasteiger partial charge in [-0.1, -0.05) is 17.7 Å². The van der Waals surface area contributed by atoms with Crippen LogP contribution in [-0.4, -0.2) is 16.9 Å². The zero-order chi connectivity index (χ0) is 11.4. The lowest BCUT2D eigenvalue weighted by Gasteiger charge is -2.15. The standard InChI is InChI=1S/C12H13ClN2S/c1-15(7-10-5-6-16-9-10)8-11-3-2-4-12(13)14-11/h2-6,9H,7-8H2,1H3. The summed E-state index contributed by atoms with van der Waals surface area (Å²) in [5.74, 6) is 0. The van der Waals surface area contributed by atoms with Gasteiger partial charge < -0.3 is 0 Å². The third kappa shape index (κ3) is 3.30. The molecule has 0 aliphatic rings. The fourth-order valence-corrected chi connectivity index (χ4v) is 2.41. The molecule has 0 fully saturated rings. The molecule has 4 heteroatoms. The van der Waals surface area contributed by atoms with Gasteiger partial charge in [0.25, 0.3) is 0 Å². The average molecular weight is 253 g/mol. The quantitative estimate of drug-likeness (QED) is 0.775. The van der Waals surface area contributed by atoms with Crippen molar-refractivity contribution in [2.75, 3.05) is 7.05 Å². The number of nitrogens with zero attached hydrogens (tertiary/aromatic N) is 2. The largest absolute Gasteiger partial charge is 0.296 e. The summed E-state index contributed by atoms with van der Waals surface area (Å²) in [6.45, 7) is 1.76. The highest BCUT2D eigenvalue weighted by Crippen LogP contribution is 2.11. The van der Waals surface area contributed by atoms with Gasteiger partial charge in [-0.25, -0.2) is 4.98 Å². The van der Waals surface area contributed by atoms with Gasteiger partial charge in [0.1, 0.15) is 5.15 Å². The first-order chi connectivity index (χ1) is 7.74. The summed E-state index contributed by atoms with van der Waals surface area (Å²) in [5, 5.41) is 4.82. The highest BCUT2D eigenvalue weighted by Gasteiger charge is 2.03. The van der Waals surface area contributed by atoms with Gasteiger partial charge in [-0.15, -0.1) is 0 Å². The molecule has 0 saturated heterocycles. The SMILES string of the molecule is CN(Cc1ccsc1)Cc1cccc(Cl)n1. The van der Waals surface area contributed by atoms with E-state index in [2.05, 4.69) is 33.8 Å². The Morgan fingerprint density at radius 3 is 2.88 bits per heavy atom. The minimum atomic E-state index is 0.557. The molecule has 0 spiro atoms. The average Bonchev–Trinajstić information content (AvgIpc) is 2.70. The van der Waals surface area contributed by atoms with Crippen molar-refractivity contribution in [3.8, 4) is 0 Å². The summed E-state index contributed by atoms with van der Waals surface area (Å²) in [5.41, 5.74) is 2.35. The molecule has 84 valence electrons. The monoisotopic (exact) mass is 252 g/mol. The lowest BCUT2D eigenvalue weighted by Crippen LogP contribution is -2.17. The van der Waals surface area contributed by atoms with Crippen LogP contribution in [-0.2, 0) is 13.1 Å². The fraction of sp³-hybridized carbons (Fsp3) is 0.250. The van der Waals surface area contributed by atoms with Crippen LogP contribution in [0.3, 0.4) is 0 Å². The molecule has 2 heterocycles. The molecule has 2 rings (SSSR count). The summed E-state index contributed by atoms with van der Waals surface area (Å²) in [6.07, 6.45) is 0. The number of aromatic nitrogens is 1. The molecule has 0 radical (unpaired) electrons. The Bertz CT molecular complexity index is 442. The third-order valence-electron chi connectivity index (χ3n) is 2.24. The van der Waals surface area contributed by atoms with Crippen molar-refractivity contribution in [2.24, 2.45) is 0 Å². The van der Waals surface area contributed by atoms with Crippen LogP contribution in [0.5, 0.6) is 0 Å². The second-order valence-electron chi connectivity index (χ2n) is 3.76. The lowest BCUT2D eigenvalue weighted by atomic mass is 10.3. The van der Waals surface area contributed by atoms with Gasteiger partial charge >= 0.3 is 0 Å². The first-order valence-corrected chi connectivity index (χ1v) is 6.37. The van der Waals surface area contributed by atoms with E-state index in [1.54, 1.807) is 17.4 Å². The first kappa shape index (κ1) is 11.6. The summed E-state index contributed by atoms with van der Waals surface area (Å²) in [6, 6.07) is 7.87. The van der Waals surface area contributed by atoms with E-state index in [0.717, 1.165) is 18.8 Å². The molecule has 0 N–H and O–H groups in total. The van der Waals surface area contributed by atoms with E-state index >= 15 is 0 Å². The molecule has 0 saturated carbocycles. The van der Waals surface area contributed by atoms with Crippen molar-refractivity contribution in [3.05, 3.63) is 51.4 Å². The van der Waals surface area contributed by atoms with Crippen LogP contribution in [0, 0.1) is 0 Å². The van der Waals surface area contributed by atoms with Gasteiger partial charge in [0.05, 0.1) is 5.69 Å². The number of halogens is 1. The Kier molecular flexibility index (Phi) is 3.93. The zero-order valence-electron chi connectivity index (χ0n) is 9.06. The van der Waals surface area contributed by atoms with Crippen LogP contribution in [0.2, 0.25) is 5.15 Å². The number of pyridine rings is 1. The Morgan fingerprint density at radius 2 is 2.19 bits per heavy atom. The predicted molar refractivity (Wildman–Crippen MR) is 68.7 cm³/mol. The van der Waals surface area contributed by atoms with Gasteiger partial charge in [0, 0.05) is 13.1 Å². The zero-order valence-corrected chi connectivity index (χ0v) is 10.6. The molecule has 0 unspecified atom stereocenters. The minimum absolute atomic E-state index is 0.557. The molecule has 2 aromatic heterocycles. The predicted octanol–water partition coefficient (Wildman–Crippen LogP) is 3.43. The number of thiophene rings is 1. The van der Waals surface area contributed by atoms with Crippen molar-refractivity contribution >= 4 is 22.9 Å². The molecular weight excluding hydrogens is 240 g/mol. The Morgan fingerprint density at radius 1 is 1.31 bits per heavy atom. The molecule has 0 aromatic carbocycles. The van der Waals surface area contributed by atoms with Crippen LogP contribution in [0.4, 0.5) is 0 Å². The first-order valence-electron chi connectivity index (χ1n) is 5.05. The van der Waals surface area contributed by atoms with Crippen molar-refractivity contribution in [1.29, 1.82) is 0 Å². The van der Waals surface area contributed by atoms with E-state index in [0.29, 0.717) is 5.15 Å². The van der Waals surface area contributed by atoms with Crippen LogP contribution < -0.4 is 0 Å². The Balaban J connectivity index is 1.94. The molecular formula is C12H13ClN2S. The van der Waals surface area contributed by atoms with Crippen LogP contribution in [0.15, 0.2) is 35.0 Å². The fourth-order valence-electron chi connectivity index (χ4n) is 1.57. The summed E-state index contributed by atoms with van der Waals surface area (Å²) in [7, 11) is 2.08. The molecule has 0 aliphatic heterocycles. The van der Waals surface area contributed by atoms with Crippen molar-refractivity contribution in [1.82, 2.24) is 9.88 Å². The molecule has 0 bridgehead atoms. The van der Waals surface area contributed by atoms with E-state index in [-0.39, 0.29) is 0 Å². The van der Waals surface area contributed by atoms with Crippen molar-refractivity contribution in [2.45, 2.75) is 13.1 Å². The van der Waals surface area contributed by atoms with Crippen molar-refractivity contribution < 1.29 is 0 Å². The molecule has 2 aromatic rings.